The Kier molecular flexibility index (Phi) is 6.88. The molecular formula is C30H29N7O3. The number of methoxy groups -OCH3 is 2. The minimum absolute atomic E-state index is 0.199. The van der Waals surface area contributed by atoms with Gasteiger partial charge in [0.05, 0.1) is 37.2 Å². The van der Waals surface area contributed by atoms with Gasteiger partial charge in [-0.05, 0) is 42.5 Å². The van der Waals surface area contributed by atoms with E-state index in [1.807, 2.05) is 71.5 Å². The summed E-state index contributed by atoms with van der Waals surface area (Å²) in [6.07, 6.45) is 3.43. The number of carbonyl (C=O) groups excluding carboxylic acids is 1. The summed E-state index contributed by atoms with van der Waals surface area (Å²) in [4.78, 5) is 26.7. The third kappa shape index (κ3) is 4.86. The predicted molar refractivity (Wildman–Crippen MR) is 155 cm³/mol. The fourth-order valence-electron chi connectivity index (χ4n) is 4.98. The molecule has 6 rings (SSSR count). The van der Waals surface area contributed by atoms with Crippen LogP contribution in [0.1, 0.15) is 10.4 Å². The van der Waals surface area contributed by atoms with Crippen LogP contribution in [0.3, 0.4) is 0 Å². The number of nitrogens with zero attached hydrogens (tertiary/aromatic N) is 6. The molecule has 0 radical (unpaired) electrons. The molecule has 0 unspecified atom stereocenters. The van der Waals surface area contributed by atoms with Gasteiger partial charge in [-0.2, -0.15) is 5.10 Å². The van der Waals surface area contributed by atoms with Crippen LogP contribution in [0.4, 0.5) is 17.2 Å². The first-order valence-electron chi connectivity index (χ1n) is 13.0. The van der Waals surface area contributed by atoms with Gasteiger partial charge in [0, 0.05) is 43.5 Å². The van der Waals surface area contributed by atoms with Crippen LogP contribution in [-0.2, 0) is 0 Å². The second kappa shape index (κ2) is 10.9. The van der Waals surface area contributed by atoms with Crippen molar-refractivity contribution in [2.75, 3.05) is 55.5 Å². The maximum atomic E-state index is 13.1. The minimum atomic E-state index is -0.199. The zero-order valence-corrected chi connectivity index (χ0v) is 22.3. The number of piperazine rings is 1. The number of ether oxygens (including phenoxy) is 2. The summed E-state index contributed by atoms with van der Waals surface area (Å²) in [5.74, 6) is 2.07. The smallest absolute Gasteiger partial charge is 0.255 e. The van der Waals surface area contributed by atoms with Gasteiger partial charge in [0.2, 0.25) is 0 Å². The Morgan fingerprint density at radius 3 is 2.42 bits per heavy atom. The Balaban J connectivity index is 1.20. The van der Waals surface area contributed by atoms with Crippen molar-refractivity contribution >= 4 is 34.1 Å². The molecule has 3 aromatic carbocycles. The fraction of sp³-hybridized carbons (Fsp3) is 0.200. The number of benzene rings is 3. The molecule has 0 aliphatic carbocycles. The van der Waals surface area contributed by atoms with Gasteiger partial charge in [0.1, 0.15) is 23.6 Å². The van der Waals surface area contributed by atoms with E-state index in [0.717, 1.165) is 60.2 Å². The zero-order valence-electron chi connectivity index (χ0n) is 22.3. The summed E-state index contributed by atoms with van der Waals surface area (Å²) >= 11 is 0. The largest absolute Gasteiger partial charge is 0.497 e. The lowest BCUT2D eigenvalue weighted by atomic mass is 10.1. The van der Waals surface area contributed by atoms with Crippen molar-refractivity contribution in [3.05, 3.63) is 90.9 Å². The summed E-state index contributed by atoms with van der Waals surface area (Å²) in [5.41, 5.74) is 3.82. The molecule has 10 heteroatoms. The first-order valence-corrected chi connectivity index (χ1v) is 13.0. The van der Waals surface area contributed by atoms with E-state index in [1.54, 1.807) is 32.7 Å². The van der Waals surface area contributed by atoms with E-state index in [1.165, 1.54) is 0 Å². The van der Waals surface area contributed by atoms with Gasteiger partial charge in [-0.15, -0.1) is 0 Å². The molecule has 2 aromatic heterocycles. The number of anilines is 3. The Morgan fingerprint density at radius 2 is 1.65 bits per heavy atom. The van der Waals surface area contributed by atoms with Crippen LogP contribution in [0.15, 0.2) is 85.3 Å². The van der Waals surface area contributed by atoms with E-state index < -0.39 is 0 Å². The molecule has 1 amide bonds. The van der Waals surface area contributed by atoms with Gasteiger partial charge in [-0.1, -0.05) is 24.3 Å². The average molecular weight is 536 g/mol. The molecule has 1 aliphatic rings. The van der Waals surface area contributed by atoms with Crippen LogP contribution in [0, 0.1) is 0 Å². The van der Waals surface area contributed by atoms with Crippen LogP contribution in [0.2, 0.25) is 0 Å². The van der Waals surface area contributed by atoms with Crippen LogP contribution >= 0.6 is 0 Å². The Bertz CT molecular complexity index is 1650. The quantitative estimate of drug-likeness (QED) is 0.327. The summed E-state index contributed by atoms with van der Waals surface area (Å²) < 4.78 is 12.8. The second-order valence-corrected chi connectivity index (χ2v) is 9.37. The van der Waals surface area contributed by atoms with Gasteiger partial charge in [0.15, 0.2) is 5.65 Å². The Morgan fingerprint density at radius 1 is 0.850 bits per heavy atom. The highest BCUT2D eigenvalue weighted by Gasteiger charge is 2.24. The lowest BCUT2D eigenvalue weighted by Gasteiger charge is -2.37. The standard InChI is InChI=1S/C30H29N7O3/c1-39-24-10-6-7-22(18-24)34-30(38)21-11-12-27(40-2)26(17-21)35-13-15-36(16-14-35)28-25-19-33-37(29(25)32-20-31-28)23-8-4-3-5-9-23/h3-12,17-20H,13-16H2,1-2H3,(H,34,38). The highest BCUT2D eigenvalue weighted by molar-refractivity contribution is 6.05. The molecule has 0 spiro atoms. The number of para-hydroxylation sites is 1. The number of rotatable bonds is 7. The molecule has 1 saturated heterocycles. The summed E-state index contributed by atoms with van der Waals surface area (Å²) in [7, 11) is 3.24. The number of aromatic nitrogens is 4. The first-order chi connectivity index (χ1) is 19.6. The maximum Gasteiger partial charge on any atom is 0.255 e. The van der Waals surface area contributed by atoms with E-state index in [0.29, 0.717) is 17.0 Å². The number of nitrogens with one attached hydrogen (secondary N) is 1. The molecule has 40 heavy (non-hydrogen) atoms. The molecule has 1 fully saturated rings. The van der Waals surface area contributed by atoms with E-state index in [-0.39, 0.29) is 5.91 Å². The van der Waals surface area contributed by atoms with Crippen molar-refractivity contribution in [1.82, 2.24) is 19.7 Å². The van der Waals surface area contributed by atoms with Gasteiger partial charge < -0.3 is 24.6 Å². The van der Waals surface area contributed by atoms with E-state index >= 15 is 0 Å². The number of carbonyl (C=O) groups is 1. The lowest BCUT2D eigenvalue weighted by Crippen LogP contribution is -2.47. The number of fused-ring (bicyclic) bond motifs is 1. The monoisotopic (exact) mass is 535 g/mol. The van der Waals surface area contributed by atoms with Crippen LogP contribution < -0.4 is 24.6 Å². The third-order valence-corrected chi connectivity index (χ3v) is 7.03. The second-order valence-electron chi connectivity index (χ2n) is 9.37. The molecular weight excluding hydrogens is 506 g/mol. The summed E-state index contributed by atoms with van der Waals surface area (Å²) in [5, 5.41) is 8.45. The molecule has 10 nitrogen and oxygen atoms in total. The Labute approximate surface area is 231 Å². The normalized spacial score (nSPS) is 13.3. The highest BCUT2D eigenvalue weighted by atomic mass is 16.5. The average Bonchev–Trinajstić information content (AvgIpc) is 3.46. The number of hydrogen-bond acceptors (Lipinski definition) is 8. The number of amides is 1. The fourth-order valence-corrected chi connectivity index (χ4v) is 4.98. The third-order valence-electron chi connectivity index (χ3n) is 7.03. The number of hydrogen-bond donors (Lipinski definition) is 1. The van der Waals surface area contributed by atoms with Crippen LogP contribution in [0.5, 0.6) is 11.5 Å². The first kappa shape index (κ1) is 25.2. The van der Waals surface area contributed by atoms with Gasteiger partial charge >= 0.3 is 0 Å². The molecule has 5 aromatic rings. The van der Waals surface area contributed by atoms with Crippen LogP contribution in [0.25, 0.3) is 16.7 Å². The highest BCUT2D eigenvalue weighted by Crippen LogP contribution is 2.32. The minimum Gasteiger partial charge on any atom is -0.497 e. The van der Waals surface area contributed by atoms with E-state index in [4.69, 9.17) is 9.47 Å². The van der Waals surface area contributed by atoms with Gasteiger partial charge in [-0.3, -0.25) is 4.79 Å². The molecule has 0 bridgehead atoms. The topological polar surface area (TPSA) is 97.6 Å². The molecule has 3 heterocycles. The van der Waals surface area contributed by atoms with Crippen LogP contribution in [-0.4, -0.2) is 66.1 Å². The SMILES string of the molecule is COc1cccc(NC(=O)c2ccc(OC)c(N3CCN(c4ncnc5c4cnn5-c4ccccc4)CC3)c2)c1. The molecule has 202 valence electrons. The van der Waals surface area contributed by atoms with Crippen molar-refractivity contribution < 1.29 is 14.3 Å². The predicted octanol–water partition coefficient (Wildman–Crippen LogP) is 4.41. The van der Waals surface area contributed by atoms with Crippen molar-refractivity contribution in [2.45, 2.75) is 0 Å². The van der Waals surface area contributed by atoms with E-state index in [9.17, 15) is 4.79 Å². The molecule has 1 N–H and O–H groups in total. The van der Waals surface area contributed by atoms with Crippen molar-refractivity contribution in [1.29, 1.82) is 0 Å². The molecule has 0 atom stereocenters. The van der Waals surface area contributed by atoms with Crippen molar-refractivity contribution in [3.8, 4) is 17.2 Å². The maximum absolute atomic E-state index is 13.1. The summed E-state index contributed by atoms with van der Waals surface area (Å²) in [6, 6.07) is 22.7. The summed E-state index contributed by atoms with van der Waals surface area (Å²) in [6.45, 7) is 2.95. The molecule has 0 saturated carbocycles. The molecule has 1 aliphatic heterocycles. The Hall–Kier alpha value is -5.12. The van der Waals surface area contributed by atoms with Crippen molar-refractivity contribution in [3.63, 3.8) is 0 Å². The van der Waals surface area contributed by atoms with Gasteiger partial charge in [0.25, 0.3) is 5.91 Å². The van der Waals surface area contributed by atoms with Gasteiger partial charge in [-0.25, -0.2) is 14.6 Å². The van der Waals surface area contributed by atoms with E-state index in [2.05, 4.69) is 30.2 Å². The lowest BCUT2D eigenvalue weighted by molar-refractivity contribution is 0.102. The zero-order chi connectivity index (χ0) is 27.5. The van der Waals surface area contributed by atoms with Crippen molar-refractivity contribution in [2.24, 2.45) is 0 Å².